The molecule has 0 aliphatic carbocycles. The third kappa shape index (κ3) is 6.19. The number of sulfonamides is 1. The van der Waals surface area contributed by atoms with E-state index in [-0.39, 0.29) is 24.0 Å². The molecule has 13 heteroatoms. The number of benzene rings is 3. The summed E-state index contributed by atoms with van der Waals surface area (Å²) in [7, 11) is -1.46. The van der Waals surface area contributed by atoms with Crippen LogP contribution in [0.4, 0.5) is 15.2 Å². The molecule has 1 aliphatic rings. The van der Waals surface area contributed by atoms with Crippen molar-refractivity contribution in [2.75, 3.05) is 36.5 Å². The third-order valence-corrected chi connectivity index (χ3v) is 9.54. The second-order valence-corrected chi connectivity index (χ2v) is 12.3. The minimum Gasteiger partial charge on any atom is -0.497 e. The Bertz CT molecular complexity index is 1620. The van der Waals surface area contributed by atoms with Crippen molar-refractivity contribution in [1.29, 1.82) is 0 Å². The maximum Gasteiger partial charge on any atom is 0.269 e. The molecule has 1 saturated heterocycles. The Labute approximate surface area is 247 Å². The molecule has 41 heavy (non-hydrogen) atoms. The molecule has 3 aromatic carbocycles. The highest BCUT2D eigenvalue weighted by Crippen LogP contribution is 2.35. The van der Waals surface area contributed by atoms with Gasteiger partial charge >= 0.3 is 0 Å². The molecule has 0 unspecified atom stereocenters. The summed E-state index contributed by atoms with van der Waals surface area (Å²) in [6, 6.07) is 14.5. The Morgan fingerprint density at radius 3 is 2.51 bits per heavy atom. The Hall–Kier alpha value is -3.61. The van der Waals surface area contributed by atoms with Gasteiger partial charge < -0.3 is 19.1 Å². The second kappa shape index (κ2) is 12.5. The highest BCUT2D eigenvalue weighted by molar-refractivity contribution is 7.93. The summed E-state index contributed by atoms with van der Waals surface area (Å²) in [6.45, 7) is 1.65. The lowest BCUT2D eigenvalue weighted by Gasteiger charge is -2.24. The Morgan fingerprint density at radius 1 is 1.02 bits per heavy atom. The quantitative estimate of drug-likeness (QED) is 0.204. The number of halogens is 2. The van der Waals surface area contributed by atoms with Crippen LogP contribution in [0.2, 0.25) is 5.02 Å². The van der Waals surface area contributed by atoms with Crippen molar-refractivity contribution in [3.05, 3.63) is 82.9 Å². The summed E-state index contributed by atoms with van der Waals surface area (Å²) in [5.41, 5.74) is 2.28. The first-order chi connectivity index (χ1) is 19.8. The molecule has 0 spiro atoms. The normalized spacial score (nSPS) is 13.3. The highest BCUT2D eigenvalue weighted by atomic mass is 35.5. The standard InChI is InChI=1S/C28H28ClFN4O5S2/c1-37-22-11-9-19(25(15-22)38-2)16-34(28-31-18-32-40-28)41(35,36)26-7-5-6-24(27(26)30)39-17-20-8-10-21(29)14-23(20)33-12-3-4-13-33/h5-11,14-15,18H,3-4,12-13,16-17H2,1-2H3. The van der Waals surface area contributed by atoms with Crippen LogP contribution in [0.15, 0.2) is 65.8 Å². The van der Waals surface area contributed by atoms with Gasteiger partial charge in [-0.05, 0) is 49.2 Å². The van der Waals surface area contributed by atoms with Gasteiger partial charge in [-0.25, -0.2) is 22.1 Å². The van der Waals surface area contributed by atoms with Gasteiger partial charge in [0.1, 0.15) is 29.3 Å². The van der Waals surface area contributed by atoms with Crippen LogP contribution in [-0.2, 0) is 23.2 Å². The van der Waals surface area contributed by atoms with Crippen molar-refractivity contribution >= 4 is 44.0 Å². The van der Waals surface area contributed by atoms with Gasteiger partial charge in [-0.2, -0.15) is 4.37 Å². The molecular weight excluding hydrogens is 591 g/mol. The number of anilines is 2. The zero-order valence-electron chi connectivity index (χ0n) is 22.4. The molecule has 4 aromatic rings. The van der Waals surface area contributed by atoms with Crippen LogP contribution < -0.4 is 23.4 Å². The molecule has 1 aliphatic heterocycles. The lowest BCUT2D eigenvalue weighted by Crippen LogP contribution is -2.31. The van der Waals surface area contributed by atoms with E-state index in [4.69, 9.17) is 25.8 Å². The molecule has 9 nitrogen and oxygen atoms in total. The van der Waals surface area contributed by atoms with Crippen molar-refractivity contribution in [3.8, 4) is 17.2 Å². The largest absolute Gasteiger partial charge is 0.497 e. The number of ether oxygens (including phenoxy) is 3. The number of rotatable bonds is 11. The van der Waals surface area contributed by atoms with Gasteiger partial charge in [0.2, 0.25) is 5.13 Å². The first-order valence-electron chi connectivity index (χ1n) is 12.8. The van der Waals surface area contributed by atoms with E-state index in [1.54, 1.807) is 24.3 Å². The molecule has 1 aromatic heterocycles. The van der Waals surface area contributed by atoms with Gasteiger partial charge in [0.25, 0.3) is 10.0 Å². The summed E-state index contributed by atoms with van der Waals surface area (Å²) >= 11 is 7.13. The Morgan fingerprint density at radius 2 is 1.80 bits per heavy atom. The molecular formula is C28H28ClFN4O5S2. The van der Waals surface area contributed by atoms with E-state index in [9.17, 15) is 8.42 Å². The molecule has 0 saturated carbocycles. The van der Waals surface area contributed by atoms with E-state index in [0.717, 1.165) is 53.0 Å². The van der Waals surface area contributed by atoms with Crippen LogP contribution in [0.25, 0.3) is 0 Å². The maximum atomic E-state index is 15.9. The molecule has 5 rings (SSSR count). The number of nitrogens with zero attached hydrogens (tertiary/aromatic N) is 4. The number of methoxy groups -OCH3 is 2. The van der Waals surface area contributed by atoms with Crippen molar-refractivity contribution in [2.24, 2.45) is 0 Å². The molecule has 216 valence electrons. The molecule has 2 heterocycles. The van der Waals surface area contributed by atoms with Gasteiger partial charge in [-0.1, -0.05) is 23.7 Å². The first-order valence-corrected chi connectivity index (χ1v) is 15.4. The fraction of sp³-hybridized carbons (Fsp3) is 0.286. The van der Waals surface area contributed by atoms with Crippen LogP contribution in [0.5, 0.6) is 17.2 Å². The molecule has 0 bridgehead atoms. The van der Waals surface area contributed by atoms with Crippen molar-refractivity contribution in [3.63, 3.8) is 0 Å². The van der Waals surface area contributed by atoms with Gasteiger partial charge in [-0.15, -0.1) is 0 Å². The fourth-order valence-corrected chi connectivity index (χ4v) is 7.03. The van der Waals surface area contributed by atoms with E-state index < -0.39 is 20.7 Å². The van der Waals surface area contributed by atoms with E-state index >= 15 is 4.39 Å². The fourth-order valence-electron chi connectivity index (χ4n) is 4.66. The average molecular weight is 619 g/mol. The monoisotopic (exact) mass is 618 g/mol. The third-order valence-electron chi connectivity index (χ3n) is 6.74. The average Bonchev–Trinajstić information content (AvgIpc) is 3.71. The van der Waals surface area contributed by atoms with Crippen LogP contribution in [0, 0.1) is 5.82 Å². The van der Waals surface area contributed by atoms with Crippen LogP contribution in [-0.4, -0.2) is 45.1 Å². The predicted octanol–water partition coefficient (Wildman–Crippen LogP) is 5.92. The van der Waals surface area contributed by atoms with Gasteiger partial charge in [-0.3, -0.25) is 0 Å². The summed E-state index contributed by atoms with van der Waals surface area (Å²) in [4.78, 5) is 5.77. The maximum absolute atomic E-state index is 15.9. The van der Waals surface area contributed by atoms with Gasteiger partial charge in [0, 0.05) is 52.5 Å². The van der Waals surface area contributed by atoms with E-state index in [1.165, 1.54) is 38.7 Å². The second-order valence-electron chi connectivity index (χ2n) is 9.24. The van der Waals surface area contributed by atoms with Crippen molar-refractivity contribution in [1.82, 2.24) is 9.36 Å². The van der Waals surface area contributed by atoms with Gasteiger partial charge in [0.15, 0.2) is 11.6 Å². The summed E-state index contributed by atoms with van der Waals surface area (Å²) in [6.07, 6.45) is 3.40. The highest BCUT2D eigenvalue weighted by Gasteiger charge is 2.32. The summed E-state index contributed by atoms with van der Waals surface area (Å²) in [5.74, 6) is -0.239. The summed E-state index contributed by atoms with van der Waals surface area (Å²) < 4.78 is 65.3. The minimum atomic E-state index is -4.45. The molecule has 0 amide bonds. The van der Waals surface area contributed by atoms with Crippen LogP contribution in [0.3, 0.4) is 0 Å². The zero-order chi connectivity index (χ0) is 29.0. The number of hydrogen-bond acceptors (Lipinski definition) is 9. The molecule has 0 N–H and O–H groups in total. The van der Waals surface area contributed by atoms with Crippen LogP contribution >= 0.6 is 23.1 Å². The lowest BCUT2D eigenvalue weighted by atomic mass is 10.1. The smallest absolute Gasteiger partial charge is 0.269 e. The van der Waals surface area contributed by atoms with Crippen molar-refractivity contribution < 1.29 is 27.0 Å². The van der Waals surface area contributed by atoms with Crippen molar-refractivity contribution in [2.45, 2.75) is 30.9 Å². The Kier molecular flexibility index (Phi) is 8.81. The molecule has 0 radical (unpaired) electrons. The van der Waals surface area contributed by atoms with Gasteiger partial charge in [0.05, 0.1) is 20.8 Å². The Balaban J connectivity index is 1.45. The van der Waals surface area contributed by atoms with E-state index in [1.807, 2.05) is 12.1 Å². The van der Waals surface area contributed by atoms with E-state index in [2.05, 4.69) is 14.3 Å². The van der Waals surface area contributed by atoms with E-state index in [0.29, 0.717) is 22.1 Å². The predicted molar refractivity (Wildman–Crippen MR) is 156 cm³/mol. The lowest BCUT2D eigenvalue weighted by molar-refractivity contribution is 0.287. The van der Waals surface area contributed by atoms with Crippen LogP contribution in [0.1, 0.15) is 24.0 Å². The molecule has 0 atom stereocenters. The minimum absolute atomic E-state index is 0.0343. The number of aromatic nitrogens is 2. The summed E-state index contributed by atoms with van der Waals surface area (Å²) in [5, 5.41) is 0.671. The molecule has 1 fully saturated rings. The topological polar surface area (TPSA) is 94.1 Å². The SMILES string of the molecule is COc1ccc(CN(c2ncns2)S(=O)(=O)c2cccc(OCc3ccc(Cl)cc3N3CCCC3)c2F)c(OC)c1. The zero-order valence-corrected chi connectivity index (χ0v) is 24.8. The number of hydrogen-bond donors (Lipinski definition) is 0. The first kappa shape index (κ1) is 28.9.